The Morgan fingerprint density at radius 3 is 2.81 bits per heavy atom. The summed E-state index contributed by atoms with van der Waals surface area (Å²) in [4.78, 5) is 18.6. The summed E-state index contributed by atoms with van der Waals surface area (Å²) in [6, 6.07) is 15.6. The van der Waals surface area contributed by atoms with E-state index in [4.69, 9.17) is 16.9 Å². The van der Waals surface area contributed by atoms with Crippen LogP contribution in [0.15, 0.2) is 54.7 Å². The van der Waals surface area contributed by atoms with Crippen LogP contribution in [-0.4, -0.2) is 10.9 Å². The molecule has 6 heteroatoms. The minimum absolute atomic E-state index is 0.0363. The van der Waals surface area contributed by atoms with Crippen molar-refractivity contribution in [1.82, 2.24) is 4.98 Å². The van der Waals surface area contributed by atoms with Gasteiger partial charge < -0.3 is 4.90 Å². The molecule has 0 spiro atoms. The molecule has 1 aliphatic heterocycles. The van der Waals surface area contributed by atoms with Crippen molar-refractivity contribution in [3.05, 3.63) is 82.4 Å². The van der Waals surface area contributed by atoms with Gasteiger partial charge >= 0.3 is 0 Å². The molecular formula is C21H13ClFN3O. The number of nitriles is 1. The predicted molar refractivity (Wildman–Crippen MR) is 101 cm³/mol. The number of rotatable bonds is 3. The van der Waals surface area contributed by atoms with Crippen molar-refractivity contribution in [2.24, 2.45) is 0 Å². The van der Waals surface area contributed by atoms with Gasteiger partial charge in [-0.1, -0.05) is 29.8 Å². The van der Waals surface area contributed by atoms with Crippen LogP contribution in [0.1, 0.15) is 16.8 Å². The lowest BCUT2D eigenvalue weighted by Gasteiger charge is -2.18. The first kappa shape index (κ1) is 17.2. The van der Waals surface area contributed by atoms with Gasteiger partial charge in [-0.25, -0.2) is 4.39 Å². The van der Waals surface area contributed by atoms with Crippen LogP contribution in [0.2, 0.25) is 5.02 Å². The van der Waals surface area contributed by atoms with Crippen LogP contribution in [0.5, 0.6) is 0 Å². The minimum Gasteiger partial charge on any atom is -0.306 e. The standard InChI is InChI=1S/C21H13ClFN3O/c22-17-7-15(4-5-18(17)23)16-8-20-19(25-11-16)9-21(27)26(20)12-14-3-1-2-13(6-14)10-24/h1-8,11H,9,12H2. The smallest absolute Gasteiger partial charge is 0.233 e. The van der Waals surface area contributed by atoms with Crippen LogP contribution in [0, 0.1) is 17.1 Å². The molecule has 0 fully saturated rings. The Bertz CT molecular complexity index is 1110. The molecule has 4 rings (SSSR count). The first-order valence-corrected chi connectivity index (χ1v) is 8.66. The molecule has 1 aromatic heterocycles. The zero-order chi connectivity index (χ0) is 19.0. The normalized spacial score (nSPS) is 12.8. The highest BCUT2D eigenvalue weighted by Crippen LogP contribution is 2.34. The van der Waals surface area contributed by atoms with Gasteiger partial charge in [-0.3, -0.25) is 9.78 Å². The molecule has 132 valence electrons. The Morgan fingerprint density at radius 2 is 2.04 bits per heavy atom. The average Bonchev–Trinajstić information content (AvgIpc) is 2.99. The van der Waals surface area contributed by atoms with E-state index in [-0.39, 0.29) is 17.4 Å². The lowest BCUT2D eigenvalue weighted by Crippen LogP contribution is -2.26. The Balaban J connectivity index is 1.70. The highest BCUT2D eigenvalue weighted by Gasteiger charge is 2.29. The third-order valence-corrected chi connectivity index (χ3v) is 4.80. The van der Waals surface area contributed by atoms with Crippen LogP contribution < -0.4 is 4.90 Å². The fourth-order valence-corrected chi connectivity index (χ4v) is 3.33. The fourth-order valence-electron chi connectivity index (χ4n) is 3.15. The van der Waals surface area contributed by atoms with Gasteiger partial charge in [0.15, 0.2) is 0 Å². The summed E-state index contributed by atoms with van der Waals surface area (Å²) < 4.78 is 13.4. The minimum atomic E-state index is -0.483. The van der Waals surface area contributed by atoms with E-state index in [1.54, 1.807) is 35.4 Å². The number of anilines is 1. The van der Waals surface area contributed by atoms with E-state index in [0.29, 0.717) is 17.8 Å². The SMILES string of the molecule is N#Cc1cccc(CN2C(=O)Cc3ncc(-c4ccc(F)c(Cl)c4)cc32)c1. The molecule has 0 saturated heterocycles. The molecule has 4 nitrogen and oxygen atoms in total. The number of hydrogen-bond acceptors (Lipinski definition) is 3. The molecule has 1 aliphatic rings. The molecule has 0 radical (unpaired) electrons. The molecule has 2 heterocycles. The molecule has 0 N–H and O–H groups in total. The van der Waals surface area contributed by atoms with Gasteiger partial charge in [0.05, 0.1) is 41.0 Å². The van der Waals surface area contributed by atoms with Gasteiger partial charge in [0.25, 0.3) is 0 Å². The lowest BCUT2D eigenvalue weighted by atomic mass is 10.1. The molecule has 0 saturated carbocycles. The monoisotopic (exact) mass is 377 g/mol. The Morgan fingerprint density at radius 1 is 1.19 bits per heavy atom. The number of nitrogens with zero attached hydrogens (tertiary/aromatic N) is 3. The molecule has 27 heavy (non-hydrogen) atoms. The van der Waals surface area contributed by atoms with E-state index in [2.05, 4.69) is 11.1 Å². The van der Waals surface area contributed by atoms with E-state index < -0.39 is 5.82 Å². The number of carbonyl (C=O) groups is 1. The van der Waals surface area contributed by atoms with E-state index in [1.807, 2.05) is 12.1 Å². The second kappa shape index (κ2) is 6.82. The van der Waals surface area contributed by atoms with Crippen molar-refractivity contribution in [1.29, 1.82) is 5.26 Å². The summed E-state index contributed by atoms with van der Waals surface area (Å²) in [5.41, 5.74) is 4.31. The fraction of sp³-hybridized carbons (Fsp3) is 0.0952. The van der Waals surface area contributed by atoms with Crippen LogP contribution in [0.3, 0.4) is 0 Å². The summed E-state index contributed by atoms with van der Waals surface area (Å²) in [6.45, 7) is 0.358. The van der Waals surface area contributed by atoms with E-state index in [1.165, 1.54) is 12.1 Å². The maximum Gasteiger partial charge on any atom is 0.233 e. The van der Waals surface area contributed by atoms with Crippen molar-refractivity contribution in [3.8, 4) is 17.2 Å². The van der Waals surface area contributed by atoms with Crippen LogP contribution in [-0.2, 0) is 17.8 Å². The van der Waals surface area contributed by atoms with Gasteiger partial charge in [-0.05, 0) is 41.5 Å². The highest BCUT2D eigenvalue weighted by molar-refractivity contribution is 6.31. The topological polar surface area (TPSA) is 57.0 Å². The largest absolute Gasteiger partial charge is 0.306 e. The number of pyridine rings is 1. The molecule has 0 atom stereocenters. The Kier molecular flexibility index (Phi) is 4.35. The van der Waals surface area contributed by atoms with Crippen molar-refractivity contribution < 1.29 is 9.18 Å². The summed E-state index contributed by atoms with van der Waals surface area (Å²) in [6.07, 6.45) is 1.90. The van der Waals surface area contributed by atoms with Crippen molar-refractivity contribution in [3.63, 3.8) is 0 Å². The Hall–Kier alpha value is -3.23. The van der Waals surface area contributed by atoms with Gasteiger partial charge in [0.2, 0.25) is 5.91 Å². The number of benzene rings is 2. The molecule has 0 unspecified atom stereocenters. The first-order chi connectivity index (χ1) is 13.0. The maximum atomic E-state index is 13.4. The number of halogens is 2. The summed E-state index contributed by atoms with van der Waals surface area (Å²) in [5.74, 6) is -0.530. The van der Waals surface area contributed by atoms with Crippen molar-refractivity contribution in [2.75, 3.05) is 4.90 Å². The second-order valence-corrected chi connectivity index (χ2v) is 6.69. The van der Waals surface area contributed by atoms with Crippen LogP contribution >= 0.6 is 11.6 Å². The second-order valence-electron chi connectivity index (χ2n) is 6.29. The molecule has 2 aromatic carbocycles. The van der Waals surface area contributed by atoms with Gasteiger partial charge in [-0.2, -0.15) is 5.26 Å². The third kappa shape index (κ3) is 3.27. The maximum absolute atomic E-state index is 13.4. The summed E-state index contributed by atoms with van der Waals surface area (Å²) in [5, 5.41) is 9.10. The van der Waals surface area contributed by atoms with Crippen LogP contribution in [0.4, 0.5) is 10.1 Å². The first-order valence-electron chi connectivity index (χ1n) is 8.29. The Labute approximate surface area is 160 Å². The van der Waals surface area contributed by atoms with Crippen LogP contribution in [0.25, 0.3) is 11.1 Å². The molecule has 3 aromatic rings. The summed E-state index contributed by atoms with van der Waals surface area (Å²) in [7, 11) is 0. The molecule has 0 aliphatic carbocycles. The summed E-state index contributed by atoms with van der Waals surface area (Å²) >= 11 is 5.88. The zero-order valence-electron chi connectivity index (χ0n) is 14.1. The van der Waals surface area contributed by atoms with Gasteiger partial charge in [0.1, 0.15) is 5.82 Å². The molecule has 1 amide bonds. The number of aromatic nitrogens is 1. The van der Waals surface area contributed by atoms with Crippen molar-refractivity contribution in [2.45, 2.75) is 13.0 Å². The number of hydrogen-bond donors (Lipinski definition) is 0. The lowest BCUT2D eigenvalue weighted by molar-refractivity contribution is -0.117. The van der Waals surface area contributed by atoms with E-state index in [9.17, 15) is 9.18 Å². The molecule has 0 bridgehead atoms. The number of fused-ring (bicyclic) bond motifs is 1. The van der Waals surface area contributed by atoms with Gasteiger partial charge in [0, 0.05) is 11.8 Å². The quantitative estimate of drug-likeness (QED) is 0.675. The average molecular weight is 378 g/mol. The predicted octanol–water partition coefficient (Wildman–Crippen LogP) is 4.50. The zero-order valence-corrected chi connectivity index (χ0v) is 14.9. The number of carbonyl (C=O) groups excluding carboxylic acids is 1. The van der Waals surface area contributed by atoms with E-state index in [0.717, 1.165) is 22.4 Å². The van der Waals surface area contributed by atoms with Gasteiger partial charge in [-0.15, -0.1) is 0 Å². The van der Waals surface area contributed by atoms with E-state index >= 15 is 0 Å². The highest BCUT2D eigenvalue weighted by atomic mass is 35.5. The number of amides is 1. The molecular weight excluding hydrogens is 365 g/mol. The van der Waals surface area contributed by atoms with Crippen molar-refractivity contribution >= 4 is 23.2 Å². The third-order valence-electron chi connectivity index (χ3n) is 4.51.